The van der Waals surface area contributed by atoms with Crippen LogP contribution in [0.4, 0.5) is 5.13 Å². The lowest BCUT2D eigenvalue weighted by atomic mass is 10.1. The Morgan fingerprint density at radius 3 is 2.59 bits per heavy atom. The lowest BCUT2D eigenvalue weighted by Gasteiger charge is -2.02. The van der Waals surface area contributed by atoms with E-state index in [2.05, 4.69) is 22.4 Å². The van der Waals surface area contributed by atoms with Gasteiger partial charge in [0.1, 0.15) is 9.88 Å². The molecule has 0 aliphatic heterocycles. The fraction of sp³-hybridized carbons (Fsp3) is 0.158. The number of amides is 1. The number of benzene rings is 1. The smallest absolute Gasteiger partial charge is 0.269 e. The van der Waals surface area contributed by atoms with Crippen LogP contribution >= 0.6 is 22.7 Å². The Hall–Kier alpha value is -2.84. The van der Waals surface area contributed by atoms with Gasteiger partial charge in [0.05, 0.1) is 5.69 Å². The zero-order chi connectivity index (χ0) is 18.6. The Morgan fingerprint density at radius 1 is 1.07 bits per heavy atom. The molecule has 1 N–H and O–H groups in total. The monoisotopic (exact) mass is 395 g/mol. The summed E-state index contributed by atoms with van der Waals surface area (Å²) in [6, 6.07) is 13.6. The molecule has 3 aromatic heterocycles. The lowest BCUT2D eigenvalue weighted by molar-refractivity contribution is 0.103. The zero-order valence-corrected chi connectivity index (χ0v) is 16.3. The highest BCUT2D eigenvalue weighted by molar-refractivity contribution is 7.17. The molecule has 4 aromatic rings. The number of rotatable bonds is 6. The summed E-state index contributed by atoms with van der Waals surface area (Å²) >= 11 is 2.76. The maximum atomic E-state index is 12.9. The molecule has 8 heteroatoms. The van der Waals surface area contributed by atoms with Crippen LogP contribution in [-0.2, 0) is 6.42 Å². The predicted octanol–water partition coefficient (Wildman–Crippen LogP) is 4.66. The van der Waals surface area contributed by atoms with Crippen LogP contribution in [0.1, 0.15) is 28.0 Å². The van der Waals surface area contributed by atoms with E-state index in [1.165, 1.54) is 22.7 Å². The number of aryl methyl sites for hydroxylation is 1. The van der Waals surface area contributed by atoms with Crippen molar-refractivity contribution in [1.29, 1.82) is 0 Å². The zero-order valence-electron chi connectivity index (χ0n) is 14.6. The van der Waals surface area contributed by atoms with Gasteiger partial charge < -0.3 is 4.57 Å². The summed E-state index contributed by atoms with van der Waals surface area (Å²) in [5.74, 6) is -0.219. The lowest BCUT2D eigenvalue weighted by Crippen LogP contribution is -2.11. The van der Waals surface area contributed by atoms with E-state index in [1.54, 1.807) is 0 Å². The molecule has 27 heavy (non-hydrogen) atoms. The maximum Gasteiger partial charge on any atom is 0.269 e. The molecule has 0 saturated heterocycles. The molecule has 4 rings (SSSR count). The number of hydrogen-bond donors (Lipinski definition) is 1. The van der Waals surface area contributed by atoms with Gasteiger partial charge in [-0.1, -0.05) is 59.9 Å². The molecule has 0 aliphatic rings. The van der Waals surface area contributed by atoms with E-state index in [-0.39, 0.29) is 5.91 Å². The van der Waals surface area contributed by atoms with E-state index >= 15 is 0 Å². The summed E-state index contributed by atoms with van der Waals surface area (Å²) < 4.78 is 1.90. The van der Waals surface area contributed by atoms with Gasteiger partial charge in [0.2, 0.25) is 5.13 Å². The predicted molar refractivity (Wildman–Crippen MR) is 109 cm³/mol. The first kappa shape index (κ1) is 17.6. The number of nitrogens with zero attached hydrogens (tertiary/aromatic N) is 4. The minimum absolute atomic E-state index is 0.219. The van der Waals surface area contributed by atoms with Crippen molar-refractivity contribution in [3.63, 3.8) is 0 Å². The quantitative estimate of drug-likeness (QED) is 0.515. The number of anilines is 1. The normalized spacial score (nSPS) is 10.9. The highest BCUT2D eigenvalue weighted by Gasteiger charge is 2.21. The van der Waals surface area contributed by atoms with Crippen LogP contribution in [-0.4, -0.2) is 25.7 Å². The molecule has 136 valence electrons. The van der Waals surface area contributed by atoms with Crippen LogP contribution in [0.5, 0.6) is 0 Å². The molecule has 0 atom stereocenters. The molecule has 0 aliphatic carbocycles. The Kier molecular flexibility index (Phi) is 5.08. The van der Waals surface area contributed by atoms with E-state index in [1.807, 2.05) is 59.4 Å². The van der Waals surface area contributed by atoms with Crippen molar-refractivity contribution >= 4 is 33.7 Å². The Bertz CT molecular complexity index is 1040. The summed E-state index contributed by atoms with van der Waals surface area (Å²) in [5.41, 5.74) is 1.57. The molecule has 3 heterocycles. The fourth-order valence-electron chi connectivity index (χ4n) is 2.60. The van der Waals surface area contributed by atoms with Gasteiger partial charge in [0.25, 0.3) is 5.91 Å². The summed E-state index contributed by atoms with van der Waals surface area (Å²) in [7, 11) is 0. The molecule has 0 unspecified atom stereocenters. The van der Waals surface area contributed by atoms with Gasteiger partial charge in [-0.25, -0.2) is 4.98 Å². The van der Waals surface area contributed by atoms with Crippen LogP contribution in [0.15, 0.2) is 54.9 Å². The van der Waals surface area contributed by atoms with E-state index in [0.717, 1.165) is 28.5 Å². The topological polar surface area (TPSA) is 72.7 Å². The first-order valence-electron chi connectivity index (χ1n) is 8.58. The molecule has 1 amide bonds. The van der Waals surface area contributed by atoms with Gasteiger partial charge in [0, 0.05) is 24.4 Å². The summed E-state index contributed by atoms with van der Waals surface area (Å²) in [5, 5.41) is 13.2. The Morgan fingerprint density at radius 2 is 1.85 bits per heavy atom. The average molecular weight is 396 g/mol. The van der Waals surface area contributed by atoms with E-state index < -0.39 is 0 Å². The third-order valence-electron chi connectivity index (χ3n) is 3.85. The highest BCUT2D eigenvalue weighted by Crippen LogP contribution is 2.31. The van der Waals surface area contributed by atoms with Crippen molar-refractivity contribution in [3.8, 4) is 16.4 Å². The number of carbonyl (C=O) groups is 1. The van der Waals surface area contributed by atoms with Crippen molar-refractivity contribution in [2.45, 2.75) is 19.8 Å². The van der Waals surface area contributed by atoms with Crippen LogP contribution < -0.4 is 5.32 Å². The minimum atomic E-state index is -0.219. The highest BCUT2D eigenvalue weighted by atomic mass is 32.1. The molecule has 0 fully saturated rings. The molecule has 0 saturated carbocycles. The van der Waals surface area contributed by atoms with Gasteiger partial charge in [-0.3, -0.25) is 10.1 Å². The molecule has 0 radical (unpaired) electrons. The van der Waals surface area contributed by atoms with E-state index in [4.69, 9.17) is 4.98 Å². The number of nitrogens with one attached hydrogen (secondary N) is 1. The molecular weight excluding hydrogens is 378 g/mol. The van der Waals surface area contributed by atoms with Crippen LogP contribution in [0.25, 0.3) is 16.4 Å². The Balaban J connectivity index is 1.68. The second kappa shape index (κ2) is 7.81. The van der Waals surface area contributed by atoms with Crippen molar-refractivity contribution in [1.82, 2.24) is 19.7 Å². The molecular formula is C19H17N5OS2. The average Bonchev–Trinajstić information content (AvgIpc) is 3.43. The summed E-state index contributed by atoms with van der Waals surface area (Å²) in [6.45, 7) is 2.09. The van der Waals surface area contributed by atoms with E-state index in [9.17, 15) is 4.79 Å². The van der Waals surface area contributed by atoms with Gasteiger partial charge in [-0.15, -0.1) is 10.2 Å². The Labute approximate surface area is 164 Å². The molecule has 1 aromatic carbocycles. The number of carbonyl (C=O) groups excluding carboxylic acids is 1. The van der Waals surface area contributed by atoms with Crippen molar-refractivity contribution in [2.75, 3.05) is 5.32 Å². The van der Waals surface area contributed by atoms with E-state index in [0.29, 0.717) is 15.7 Å². The van der Waals surface area contributed by atoms with Crippen molar-refractivity contribution in [3.05, 3.63) is 64.7 Å². The van der Waals surface area contributed by atoms with Crippen molar-refractivity contribution < 1.29 is 4.79 Å². The minimum Gasteiger partial charge on any atom is -0.300 e. The fourth-order valence-corrected chi connectivity index (χ4v) is 4.39. The first-order valence-corrected chi connectivity index (χ1v) is 10.2. The van der Waals surface area contributed by atoms with Gasteiger partial charge in [-0.2, -0.15) is 0 Å². The van der Waals surface area contributed by atoms with Crippen LogP contribution in [0, 0.1) is 0 Å². The number of thiazole rings is 1. The largest absolute Gasteiger partial charge is 0.300 e. The second-order valence-corrected chi connectivity index (χ2v) is 7.88. The number of hydrogen-bond acceptors (Lipinski definition) is 6. The first-order chi connectivity index (χ1) is 13.2. The standard InChI is InChI=1S/C19H17N5OS2/c1-2-8-14-22-23-18(26-14)21-17(25)16-15(13-9-4-3-5-10-13)20-19(27-16)24-11-6-7-12-24/h3-7,9-12H,2,8H2,1H3,(H,21,23,25). The van der Waals surface area contributed by atoms with Crippen LogP contribution in [0.3, 0.4) is 0 Å². The molecule has 0 spiro atoms. The molecule has 0 bridgehead atoms. The van der Waals surface area contributed by atoms with Gasteiger partial charge >= 0.3 is 0 Å². The maximum absolute atomic E-state index is 12.9. The number of aromatic nitrogens is 4. The third-order valence-corrected chi connectivity index (χ3v) is 5.81. The van der Waals surface area contributed by atoms with Gasteiger partial charge in [0.15, 0.2) is 5.13 Å². The SMILES string of the molecule is CCCc1nnc(NC(=O)c2sc(-n3cccc3)nc2-c2ccccc2)s1. The summed E-state index contributed by atoms with van der Waals surface area (Å²) in [4.78, 5) is 18.2. The summed E-state index contributed by atoms with van der Waals surface area (Å²) in [6.07, 6.45) is 5.69. The van der Waals surface area contributed by atoms with Crippen molar-refractivity contribution in [2.24, 2.45) is 0 Å². The van der Waals surface area contributed by atoms with Crippen LogP contribution in [0.2, 0.25) is 0 Å². The molecule has 6 nitrogen and oxygen atoms in total. The van der Waals surface area contributed by atoms with Gasteiger partial charge in [-0.05, 0) is 18.6 Å². The second-order valence-electron chi connectivity index (χ2n) is 5.84. The third kappa shape index (κ3) is 3.81.